The first-order chi connectivity index (χ1) is 14.6. The van der Waals surface area contributed by atoms with E-state index in [0.29, 0.717) is 38.1 Å². The molecule has 1 aromatic carbocycles. The summed E-state index contributed by atoms with van der Waals surface area (Å²) >= 11 is 0. The minimum absolute atomic E-state index is 0.0261. The fraction of sp³-hybridized carbons (Fsp3) is 0.667. The third kappa shape index (κ3) is 6.58. The van der Waals surface area contributed by atoms with Crippen LogP contribution in [0.25, 0.3) is 0 Å². The van der Waals surface area contributed by atoms with Crippen LogP contribution in [0.3, 0.4) is 0 Å². The monoisotopic (exact) mass is 438 g/mol. The summed E-state index contributed by atoms with van der Waals surface area (Å²) < 4.78 is 38.1. The van der Waals surface area contributed by atoms with E-state index in [0.717, 1.165) is 56.9 Å². The van der Waals surface area contributed by atoms with Crippen molar-refractivity contribution in [3.05, 3.63) is 29.8 Å². The van der Waals surface area contributed by atoms with Gasteiger partial charge < -0.3 is 20.1 Å². The predicted molar refractivity (Wildman–Crippen MR) is 120 cm³/mol. The molecule has 8 nitrogen and oxygen atoms in total. The van der Waals surface area contributed by atoms with Gasteiger partial charge in [-0.25, -0.2) is 8.42 Å². The molecule has 1 atom stereocenters. The molecule has 2 N–H and O–H groups in total. The normalized spacial score (nSPS) is 19.2. The van der Waals surface area contributed by atoms with Crippen LogP contribution in [0, 0.1) is 5.92 Å². The lowest BCUT2D eigenvalue weighted by atomic mass is 10.1. The second kappa shape index (κ2) is 11.5. The van der Waals surface area contributed by atoms with E-state index in [9.17, 15) is 8.42 Å². The van der Waals surface area contributed by atoms with Crippen molar-refractivity contribution in [1.29, 1.82) is 0 Å². The molecule has 168 valence electrons. The molecule has 0 aromatic heterocycles. The summed E-state index contributed by atoms with van der Waals surface area (Å²) in [5.41, 5.74) is 1.90. The number of benzene rings is 1. The van der Waals surface area contributed by atoms with E-state index < -0.39 is 10.0 Å². The van der Waals surface area contributed by atoms with E-state index in [1.165, 1.54) is 4.31 Å². The summed E-state index contributed by atoms with van der Waals surface area (Å²) in [5, 5.41) is 6.30. The van der Waals surface area contributed by atoms with Crippen molar-refractivity contribution in [2.24, 2.45) is 10.9 Å². The maximum Gasteiger partial charge on any atom is 0.236 e. The lowest BCUT2D eigenvalue weighted by Gasteiger charge is -2.20. The van der Waals surface area contributed by atoms with Crippen LogP contribution in [0.15, 0.2) is 29.3 Å². The highest BCUT2D eigenvalue weighted by Gasteiger charge is 2.28. The molecule has 1 fully saturated rings. The van der Waals surface area contributed by atoms with E-state index in [1.807, 2.05) is 31.2 Å². The van der Waals surface area contributed by atoms with Gasteiger partial charge in [0.1, 0.15) is 0 Å². The van der Waals surface area contributed by atoms with Gasteiger partial charge >= 0.3 is 0 Å². The van der Waals surface area contributed by atoms with Crippen LogP contribution in [-0.4, -0.2) is 72.7 Å². The number of aliphatic imine (C=N–C) groups is 1. The maximum absolute atomic E-state index is 12.8. The summed E-state index contributed by atoms with van der Waals surface area (Å²) in [7, 11) is -3.37. The average Bonchev–Trinajstić information content (AvgIpc) is 3.40. The Bertz CT molecular complexity index is 794. The Morgan fingerprint density at radius 3 is 3.00 bits per heavy atom. The zero-order chi connectivity index (χ0) is 21.2. The molecular weight excluding hydrogens is 404 g/mol. The number of para-hydroxylation sites is 1. The number of anilines is 1. The number of sulfonamides is 1. The minimum Gasteiger partial charge on any atom is -0.381 e. The minimum atomic E-state index is -3.37. The first kappa shape index (κ1) is 22.8. The second-order valence-corrected chi connectivity index (χ2v) is 9.63. The molecule has 3 rings (SSSR count). The van der Waals surface area contributed by atoms with E-state index in [1.54, 1.807) is 0 Å². The highest BCUT2D eigenvalue weighted by Crippen LogP contribution is 2.29. The Kier molecular flexibility index (Phi) is 8.77. The molecule has 9 heteroatoms. The van der Waals surface area contributed by atoms with Crippen molar-refractivity contribution < 1.29 is 17.9 Å². The molecular formula is C21H34N4O4S. The average molecular weight is 439 g/mol. The van der Waals surface area contributed by atoms with Crippen molar-refractivity contribution >= 4 is 21.7 Å². The summed E-state index contributed by atoms with van der Waals surface area (Å²) in [6.45, 7) is 7.23. The van der Waals surface area contributed by atoms with Gasteiger partial charge in [-0.15, -0.1) is 0 Å². The van der Waals surface area contributed by atoms with Crippen LogP contribution in [0.2, 0.25) is 0 Å². The Morgan fingerprint density at radius 2 is 2.20 bits per heavy atom. The Morgan fingerprint density at radius 1 is 1.33 bits per heavy atom. The molecule has 1 aromatic rings. The molecule has 0 spiro atoms. The molecule has 0 aliphatic carbocycles. The van der Waals surface area contributed by atoms with Gasteiger partial charge in [-0.05, 0) is 37.8 Å². The van der Waals surface area contributed by atoms with Crippen molar-refractivity contribution in [3.63, 3.8) is 0 Å². The fourth-order valence-electron chi connectivity index (χ4n) is 3.67. The quantitative estimate of drug-likeness (QED) is 0.308. The van der Waals surface area contributed by atoms with Gasteiger partial charge in [0.2, 0.25) is 10.0 Å². The van der Waals surface area contributed by atoms with E-state index in [2.05, 4.69) is 15.6 Å². The highest BCUT2D eigenvalue weighted by molar-refractivity contribution is 7.92. The standard InChI is InChI=1S/C21H34N4O4S/c1-2-22-21(23-10-5-13-28-16-18-9-14-29-17-18)24-11-15-30(26,27)25-12-8-19-6-3-4-7-20(19)25/h3-4,6-7,18H,2,5,8-17H2,1H3,(H2,22,23,24). The third-order valence-electron chi connectivity index (χ3n) is 5.27. The fourth-order valence-corrected chi connectivity index (χ4v) is 5.10. The molecule has 0 saturated carbocycles. The topological polar surface area (TPSA) is 92.3 Å². The molecule has 0 amide bonds. The van der Waals surface area contributed by atoms with Crippen LogP contribution >= 0.6 is 0 Å². The Hall–Kier alpha value is -1.84. The second-order valence-electron chi connectivity index (χ2n) is 7.61. The van der Waals surface area contributed by atoms with Crippen molar-refractivity contribution in [3.8, 4) is 0 Å². The summed E-state index contributed by atoms with van der Waals surface area (Å²) in [4.78, 5) is 4.52. The maximum atomic E-state index is 12.8. The largest absolute Gasteiger partial charge is 0.381 e. The van der Waals surface area contributed by atoms with Gasteiger partial charge in [-0.3, -0.25) is 9.30 Å². The zero-order valence-corrected chi connectivity index (χ0v) is 18.6. The lowest BCUT2D eigenvalue weighted by molar-refractivity contribution is 0.0893. The first-order valence-corrected chi connectivity index (χ1v) is 12.5. The molecule has 30 heavy (non-hydrogen) atoms. The predicted octanol–water partition coefficient (Wildman–Crippen LogP) is 1.38. The number of fused-ring (bicyclic) bond motifs is 1. The van der Waals surface area contributed by atoms with Crippen molar-refractivity contribution in [2.75, 3.05) is 62.7 Å². The van der Waals surface area contributed by atoms with Gasteiger partial charge in [0.25, 0.3) is 0 Å². The smallest absolute Gasteiger partial charge is 0.236 e. The Labute approximate surface area is 180 Å². The van der Waals surface area contributed by atoms with Crippen molar-refractivity contribution in [2.45, 2.75) is 26.2 Å². The van der Waals surface area contributed by atoms with Crippen LogP contribution in [0.4, 0.5) is 5.69 Å². The highest BCUT2D eigenvalue weighted by atomic mass is 32.2. The number of hydrogen-bond donors (Lipinski definition) is 2. The van der Waals surface area contributed by atoms with E-state index in [4.69, 9.17) is 9.47 Å². The molecule has 0 radical (unpaired) electrons. The number of nitrogens with one attached hydrogen (secondary N) is 2. The number of nitrogens with zero attached hydrogens (tertiary/aromatic N) is 2. The number of hydrogen-bond acceptors (Lipinski definition) is 5. The molecule has 1 unspecified atom stereocenters. The first-order valence-electron chi connectivity index (χ1n) is 10.9. The summed E-state index contributed by atoms with van der Waals surface area (Å²) in [6.07, 6.45) is 2.67. The molecule has 2 heterocycles. The van der Waals surface area contributed by atoms with Gasteiger partial charge in [-0.2, -0.15) is 0 Å². The van der Waals surface area contributed by atoms with Gasteiger partial charge in [0.05, 0.1) is 24.7 Å². The molecule has 1 saturated heterocycles. The summed E-state index contributed by atoms with van der Waals surface area (Å²) in [5.74, 6) is 1.19. The SMILES string of the molecule is CCNC(=NCCCOCC1CCOC1)NCCS(=O)(=O)N1CCc2ccccc21. The number of rotatable bonds is 11. The lowest BCUT2D eigenvalue weighted by Crippen LogP contribution is -2.42. The van der Waals surface area contributed by atoms with Gasteiger partial charge in [0, 0.05) is 45.3 Å². The van der Waals surface area contributed by atoms with Crippen LogP contribution in [0.1, 0.15) is 25.3 Å². The third-order valence-corrected chi connectivity index (χ3v) is 7.04. The zero-order valence-electron chi connectivity index (χ0n) is 17.8. The van der Waals surface area contributed by atoms with E-state index >= 15 is 0 Å². The Balaban J connectivity index is 1.39. The summed E-state index contributed by atoms with van der Waals surface area (Å²) in [6, 6.07) is 7.70. The number of guanidine groups is 1. The van der Waals surface area contributed by atoms with Crippen molar-refractivity contribution in [1.82, 2.24) is 10.6 Å². The van der Waals surface area contributed by atoms with Crippen LogP contribution in [-0.2, 0) is 25.9 Å². The molecule has 2 aliphatic rings. The van der Waals surface area contributed by atoms with E-state index in [-0.39, 0.29) is 5.75 Å². The van der Waals surface area contributed by atoms with Crippen LogP contribution < -0.4 is 14.9 Å². The van der Waals surface area contributed by atoms with Crippen LogP contribution in [0.5, 0.6) is 0 Å². The van der Waals surface area contributed by atoms with Gasteiger partial charge in [-0.1, -0.05) is 18.2 Å². The molecule has 0 bridgehead atoms. The number of ether oxygens (including phenoxy) is 2. The van der Waals surface area contributed by atoms with Gasteiger partial charge in [0.15, 0.2) is 5.96 Å². The molecule has 2 aliphatic heterocycles.